The van der Waals surface area contributed by atoms with Gasteiger partial charge in [-0.2, -0.15) is 4.73 Å². The summed E-state index contributed by atoms with van der Waals surface area (Å²) >= 11 is 3.18. The van der Waals surface area contributed by atoms with Crippen LogP contribution in [0, 0.1) is 5.41 Å². The zero-order valence-corrected chi connectivity index (χ0v) is 16.2. The highest BCUT2D eigenvalue weighted by Crippen LogP contribution is 2.37. The van der Waals surface area contributed by atoms with Crippen molar-refractivity contribution in [3.05, 3.63) is 22.0 Å². The van der Waals surface area contributed by atoms with E-state index in [1.165, 1.54) is 4.57 Å². The van der Waals surface area contributed by atoms with Crippen LogP contribution in [0.15, 0.2) is 10.9 Å². The number of esters is 1. The molecule has 0 unspecified atom stereocenters. The number of ether oxygens (including phenoxy) is 2. The van der Waals surface area contributed by atoms with E-state index in [-0.39, 0.29) is 39.7 Å². The van der Waals surface area contributed by atoms with Gasteiger partial charge in [-0.3, -0.25) is 19.6 Å². The Labute approximate surface area is 165 Å². The number of halogens is 1. The molecule has 13 heteroatoms. The van der Waals surface area contributed by atoms with Crippen molar-refractivity contribution in [1.29, 1.82) is 5.41 Å². The zero-order chi connectivity index (χ0) is 20.7. The van der Waals surface area contributed by atoms with Crippen molar-refractivity contribution in [3.8, 4) is 0 Å². The van der Waals surface area contributed by atoms with Gasteiger partial charge in [-0.15, -0.1) is 0 Å². The molecule has 2 aromatic heterocycles. The van der Waals surface area contributed by atoms with Gasteiger partial charge < -0.3 is 30.6 Å². The molecule has 0 aliphatic carbocycles. The molecule has 6 N–H and O–H groups in total. The van der Waals surface area contributed by atoms with Gasteiger partial charge in [0.05, 0.1) is 10.9 Å². The molecule has 0 radical (unpaired) electrons. The van der Waals surface area contributed by atoms with Gasteiger partial charge in [-0.05, 0) is 15.9 Å². The molecule has 0 spiro atoms. The van der Waals surface area contributed by atoms with E-state index in [1.807, 2.05) is 0 Å². The van der Waals surface area contributed by atoms with E-state index in [9.17, 15) is 25.0 Å². The number of carbonyl (C=O) groups excluding carboxylic acids is 2. The summed E-state index contributed by atoms with van der Waals surface area (Å²) in [7, 11) is 0. The molecule has 3 rings (SSSR count). The fourth-order valence-electron chi connectivity index (χ4n) is 3.04. The fraction of sp³-hybridized carbons (Fsp3) is 0.467. The minimum Gasteiger partial charge on any atom is -0.463 e. The number of nitrogens with two attached hydrogens (primary N) is 1. The molecule has 28 heavy (non-hydrogen) atoms. The van der Waals surface area contributed by atoms with Crippen molar-refractivity contribution < 1.29 is 34.5 Å². The van der Waals surface area contributed by atoms with Gasteiger partial charge in [0.25, 0.3) is 5.91 Å². The smallest absolute Gasteiger partial charge is 0.305 e. The average Bonchev–Trinajstić information content (AvgIpc) is 3.11. The Morgan fingerprint density at radius 3 is 2.71 bits per heavy atom. The number of fused-ring (bicyclic) bond motifs is 1. The highest BCUT2D eigenvalue weighted by atomic mass is 79.9. The first kappa shape index (κ1) is 20.3. The summed E-state index contributed by atoms with van der Waals surface area (Å²) in [6.45, 7) is 1.30. The SMILES string of the molecule is CCC(=O)OC[C@@H]1O[C@H](n2c(Br)c(C(N)=O)c3c(=N)ncn(O)c32)[C@@H](O)[C@H]1O. The van der Waals surface area contributed by atoms with Crippen LogP contribution in [-0.4, -0.2) is 66.5 Å². The van der Waals surface area contributed by atoms with Gasteiger partial charge in [0, 0.05) is 6.42 Å². The molecule has 1 aliphatic heterocycles. The summed E-state index contributed by atoms with van der Waals surface area (Å²) in [5.74, 6) is -1.41. The summed E-state index contributed by atoms with van der Waals surface area (Å²) in [4.78, 5) is 26.9. The maximum Gasteiger partial charge on any atom is 0.305 e. The molecule has 1 fully saturated rings. The summed E-state index contributed by atoms with van der Waals surface area (Å²) in [5, 5.41) is 38.8. The lowest BCUT2D eigenvalue weighted by Crippen LogP contribution is -2.34. The number of carbonyl (C=O) groups is 2. The quantitative estimate of drug-likeness (QED) is 0.277. The zero-order valence-electron chi connectivity index (χ0n) is 14.6. The molecule has 0 bridgehead atoms. The second kappa shape index (κ2) is 7.50. The number of hydrogen-bond acceptors (Lipinski definition) is 9. The van der Waals surface area contributed by atoms with Crippen molar-refractivity contribution in [2.75, 3.05) is 6.61 Å². The second-order valence-corrected chi connectivity index (χ2v) is 6.87. The molecular weight excluding hydrogens is 442 g/mol. The Morgan fingerprint density at radius 1 is 1.43 bits per heavy atom. The van der Waals surface area contributed by atoms with E-state index in [4.69, 9.17) is 20.6 Å². The lowest BCUT2D eigenvalue weighted by molar-refractivity contribution is -0.149. The maximum absolute atomic E-state index is 11.9. The van der Waals surface area contributed by atoms with Gasteiger partial charge in [-0.1, -0.05) is 6.92 Å². The van der Waals surface area contributed by atoms with Crippen LogP contribution < -0.4 is 11.2 Å². The molecule has 4 atom stereocenters. The predicted molar refractivity (Wildman–Crippen MR) is 94.2 cm³/mol. The number of aromatic nitrogens is 3. The summed E-state index contributed by atoms with van der Waals surface area (Å²) in [5.41, 5.74) is 4.81. The summed E-state index contributed by atoms with van der Waals surface area (Å²) in [6.07, 6.45) is -4.20. The average molecular weight is 460 g/mol. The monoisotopic (exact) mass is 459 g/mol. The number of rotatable bonds is 5. The fourth-order valence-corrected chi connectivity index (χ4v) is 3.81. The summed E-state index contributed by atoms with van der Waals surface area (Å²) in [6, 6.07) is 0. The third-order valence-electron chi connectivity index (χ3n) is 4.40. The summed E-state index contributed by atoms with van der Waals surface area (Å²) < 4.78 is 12.3. The number of aliphatic hydroxyl groups excluding tert-OH is 2. The normalized spacial score (nSPS) is 24.6. The Bertz CT molecular complexity index is 1000. The van der Waals surface area contributed by atoms with Crippen LogP contribution in [0.25, 0.3) is 11.0 Å². The van der Waals surface area contributed by atoms with Crippen LogP contribution in [0.5, 0.6) is 0 Å². The standard InChI is InChI=1S/C15H18BrN5O7/c1-2-6(22)27-3-5-9(23)10(24)15(28-5)21-11(16)7(13(18)25)8-12(17)19-4-20(26)14(8)21/h4-5,9-10,15,17,23-24,26H,2-3H2,1H3,(H2,18,25)/t5-,9-,10-,15-/m0/s1. The highest BCUT2D eigenvalue weighted by Gasteiger charge is 2.46. The number of hydrogen-bond donors (Lipinski definition) is 5. The van der Waals surface area contributed by atoms with E-state index >= 15 is 0 Å². The third-order valence-corrected chi connectivity index (χ3v) is 5.18. The Hall–Kier alpha value is -2.48. The number of aliphatic hydroxyl groups is 2. The van der Waals surface area contributed by atoms with Gasteiger partial charge in [0.2, 0.25) is 0 Å². The first-order valence-electron chi connectivity index (χ1n) is 8.20. The number of amides is 1. The highest BCUT2D eigenvalue weighted by molar-refractivity contribution is 9.10. The maximum atomic E-state index is 11.9. The lowest BCUT2D eigenvalue weighted by Gasteiger charge is -2.19. The van der Waals surface area contributed by atoms with Crippen molar-refractivity contribution >= 4 is 38.8 Å². The molecule has 1 saturated heterocycles. The Kier molecular flexibility index (Phi) is 5.43. The molecule has 1 amide bonds. The van der Waals surface area contributed by atoms with Crippen LogP contribution in [0.4, 0.5) is 0 Å². The van der Waals surface area contributed by atoms with Crippen molar-refractivity contribution in [1.82, 2.24) is 14.3 Å². The lowest BCUT2D eigenvalue weighted by atomic mass is 10.1. The molecule has 12 nitrogen and oxygen atoms in total. The van der Waals surface area contributed by atoms with E-state index in [1.54, 1.807) is 6.92 Å². The van der Waals surface area contributed by atoms with Crippen LogP contribution >= 0.6 is 15.9 Å². The second-order valence-electron chi connectivity index (χ2n) is 6.12. The van der Waals surface area contributed by atoms with Crippen LogP contribution in [0.3, 0.4) is 0 Å². The molecule has 0 saturated carbocycles. The molecule has 0 aromatic carbocycles. The van der Waals surface area contributed by atoms with Crippen molar-refractivity contribution in [3.63, 3.8) is 0 Å². The Balaban J connectivity index is 2.10. The van der Waals surface area contributed by atoms with Gasteiger partial charge in [0.15, 0.2) is 17.4 Å². The molecular formula is C15H18BrN5O7. The first-order chi connectivity index (χ1) is 13.2. The number of nitrogens with zero attached hydrogens (tertiary/aromatic N) is 3. The topological polar surface area (TPSA) is 186 Å². The van der Waals surface area contributed by atoms with E-state index in [0.29, 0.717) is 4.73 Å². The van der Waals surface area contributed by atoms with Crippen LogP contribution in [0.1, 0.15) is 29.9 Å². The van der Waals surface area contributed by atoms with Gasteiger partial charge >= 0.3 is 5.97 Å². The van der Waals surface area contributed by atoms with E-state index in [2.05, 4.69) is 20.9 Å². The number of nitrogens with one attached hydrogen (secondary N) is 1. The van der Waals surface area contributed by atoms with E-state index < -0.39 is 36.4 Å². The minimum absolute atomic E-state index is 0.0155. The van der Waals surface area contributed by atoms with Crippen LogP contribution in [-0.2, 0) is 14.3 Å². The molecule has 152 valence electrons. The predicted octanol–water partition coefficient (Wildman–Crippen LogP) is -1.01. The first-order valence-corrected chi connectivity index (χ1v) is 9.00. The van der Waals surface area contributed by atoms with E-state index in [0.717, 1.165) is 6.33 Å². The Morgan fingerprint density at radius 2 is 2.11 bits per heavy atom. The molecule has 1 aliphatic rings. The molecule has 2 aromatic rings. The third kappa shape index (κ3) is 3.15. The van der Waals surface area contributed by atoms with Crippen LogP contribution in [0.2, 0.25) is 0 Å². The van der Waals surface area contributed by atoms with Gasteiger partial charge in [-0.25, -0.2) is 4.98 Å². The largest absolute Gasteiger partial charge is 0.463 e. The molecule has 3 heterocycles. The van der Waals surface area contributed by atoms with Crippen molar-refractivity contribution in [2.24, 2.45) is 5.73 Å². The minimum atomic E-state index is -1.50. The van der Waals surface area contributed by atoms with Crippen molar-refractivity contribution in [2.45, 2.75) is 37.9 Å². The number of primary amides is 1. The van der Waals surface area contributed by atoms with Gasteiger partial charge in [0.1, 0.15) is 35.8 Å².